The molecule has 1 atom stereocenters. The Balaban J connectivity index is 2.61. The number of aryl methyl sites for hydroxylation is 1. The summed E-state index contributed by atoms with van der Waals surface area (Å²) in [5.74, 6) is -0.165. The Hall–Kier alpha value is -1.39. The molecule has 0 saturated heterocycles. The lowest BCUT2D eigenvalue weighted by molar-refractivity contribution is 0.0609. The molecule has 0 heterocycles. The number of carbonyl (C=O) groups excluding carboxylic acids is 1. The molecule has 1 rings (SSSR count). The van der Waals surface area contributed by atoms with Crippen molar-refractivity contribution in [2.24, 2.45) is 0 Å². The van der Waals surface area contributed by atoms with E-state index >= 15 is 0 Å². The fourth-order valence-electron chi connectivity index (χ4n) is 1.55. The first-order valence-corrected chi connectivity index (χ1v) is 5.57. The minimum Gasteiger partial charge on any atom is -0.389 e. The van der Waals surface area contributed by atoms with E-state index in [1.165, 1.54) is 7.11 Å². The largest absolute Gasteiger partial charge is 0.389 e. The van der Waals surface area contributed by atoms with Crippen LogP contribution in [0, 0.1) is 13.8 Å². The van der Waals surface area contributed by atoms with Crippen LogP contribution in [0.15, 0.2) is 18.2 Å². The van der Waals surface area contributed by atoms with Gasteiger partial charge in [0.05, 0.1) is 12.7 Å². The highest BCUT2D eigenvalue weighted by molar-refractivity contribution is 5.95. The van der Waals surface area contributed by atoms with Crippen LogP contribution in [0.2, 0.25) is 0 Å². The van der Waals surface area contributed by atoms with Gasteiger partial charge in [0, 0.05) is 19.2 Å². The fraction of sp³-hybridized carbons (Fsp3) is 0.462. The minimum absolute atomic E-state index is 0.165. The average molecular weight is 237 g/mol. The molecule has 0 fully saturated rings. The SMILES string of the molecule is COCC(O)CNC(=O)c1cccc(C)c1C. The third-order valence-electron chi connectivity index (χ3n) is 2.71. The van der Waals surface area contributed by atoms with Crippen LogP contribution in [0.4, 0.5) is 0 Å². The fourth-order valence-corrected chi connectivity index (χ4v) is 1.55. The van der Waals surface area contributed by atoms with Gasteiger partial charge in [0.15, 0.2) is 0 Å². The number of aliphatic hydroxyl groups is 1. The van der Waals surface area contributed by atoms with Crippen molar-refractivity contribution in [1.82, 2.24) is 5.32 Å². The molecule has 0 radical (unpaired) electrons. The number of nitrogens with one attached hydrogen (secondary N) is 1. The van der Waals surface area contributed by atoms with Crippen LogP contribution in [0.5, 0.6) is 0 Å². The molecular formula is C13H19NO3. The molecule has 0 spiro atoms. The van der Waals surface area contributed by atoms with E-state index in [0.29, 0.717) is 5.56 Å². The predicted molar refractivity (Wildman–Crippen MR) is 66.1 cm³/mol. The zero-order chi connectivity index (χ0) is 12.8. The molecule has 4 heteroatoms. The summed E-state index contributed by atoms with van der Waals surface area (Å²) in [7, 11) is 1.51. The predicted octanol–water partition coefficient (Wildman–Crippen LogP) is 1.04. The zero-order valence-corrected chi connectivity index (χ0v) is 10.5. The van der Waals surface area contributed by atoms with Gasteiger partial charge in [0.1, 0.15) is 0 Å². The van der Waals surface area contributed by atoms with Gasteiger partial charge in [-0.3, -0.25) is 4.79 Å². The molecular weight excluding hydrogens is 218 g/mol. The Bertz CT molecular complexity index is 390. The Labute approximate surface area is 102 Å². The maximum atomic E-state index is 11.9. The molecule has 0 aliphatic heterocycles. The van der Waals surface area contributed by atoms with Gasteiger partial charge in [-0.05, 0) is 31.0 Å². The van der Waals surface area contributed by atoms with Crippen LogP contribution >= 0.6 is 0 Å². The van der Waals surface area contributed by atoms with E-state index in [-0.39, 0.29) is 19.1 Å². The van der Waals surface area contributed by atoms with Crippen molar-refractivity contribution in [3.63, 3.8) is 0 Å². The van der Waals surface area contributed by atoms with E-state index < -0.39 is 6.10 Å². The monoisotopic (exact) mass is 237 g/mol. The summed E-state index contributed by atoms with van der Waals surface area (Å²) in [6, 6.07) is 5.59. The van der Waals surface area contributed by atoms with Crippen LogP contribution in [-0.4, -0.2) is 37.4 Å². The lowest BCUT2D eigenvalue weighted by Gasteiger charge is -2.12. The number of ether oxygens (including phenoxy) is 1. The molecule has 0 bridgehead atoms. The molecule has 1 aromatic rings. The van der Waals surface area contributed by atoms with Crippen molar-refractivity contribution >= 4 is 5.91 Å². The summed E-state index contributed by atoms with van der Waals surface area (Å²) in [5, 5.41) is 12.1. The molecule has 4 nitrogen and oxygen atoms in total. The highest BCUT2D eigenvalue weighted by Gasteiger charge is 2.11. The van der Waals surface area contributed by atoms with Gasteiger partial charge in [0.25, 0.3) is 5.91 Å². The van der Waals surface area contributed by atoms with Crippen molar-refractivity contribution in [2.45, 2.75) is 20.0 Å². The summed E-state index contributed by atoms with van der Waals surface area (Å²) in [5.41, 5.74) is 2.69. The summed E-state index contributed by atoms with van der Waals surface area (Å²) in [6.07, 6.45) is -0.672. The number of aliphatic hydroxyl groups excluding tert-OH is 1. The molecule has 0 aliphatic rings. The Morgan fingerprint density at radius 3 is 2.82 bits per heavy atom. The Morgan fingerprint density at radius 2 is 2.18 bits per heavy atom. The van der Waals surface area contributed by atoms with Crippen LogP contribution in [0.1, 0.15) is 21.5 Å². The Kier molecular flexibility index (Phi) is 5.12. The maximum Gasteiger partial charge on any atom is 0.251 e. The van der Waals surface area contributed by atoms with E-state index in [0.717, 1.165) is 11.1 Å². The van der Waals surface area contributed by atoms with E-state index in [1.807, 2.05) is 26.0 Å². The molecule has 0 saturated carbocycles. The second-order valence-electron chi connectivity index (χ2n) is 4.07. The molecule has 1 aromatic carbocycles. The second kappa shape index (κ2) is 6.37. The lowest BCUT2D eigenvalue weighted by Crippen LogP contribution is -2.34. The van der Waals surface area contributed by atoms with Crippen molar-refractivity contribution in [3.8, 4) is 0 Å². The topological polar surface area (TPSA) is 58.6 Å². The first-order chi connectivity index (χ1) is 8.06. The molecule has 1 unspecified atom stereocenters. The third kappa shape index (κ3) is 3.84. The summed E-state index contributed by atoms with van der Waals surface area (Å²) in [4.78, 5) is 11.9. The quantitative estimate of drug-likeness (QED) is 0.804. The van der Waals surface area contributed by atoms with Crippen LogP contribution in [0.3, 0.4) is 0 Å². The summed E-state index contributed by atoms with van der Waals surface area (Å²) < 4.78 is 4.78. The van der Waals surface area contributed by atoms with Crippen molar-refractivity contribution in [1.29, 1.82) is 0 Å². The first-order valence-electron chi connectivity index (χ1n) is 5.57. The van der Waals surface area contributed by atoms with Crippen molar-refractivity contribution in [3.05, 3.63) is 34.9 Å². The molecule has 94 valence electrons. The number of methoxy groups -OCH3 is 1. The summed E-state index contributed by atoms with van der Waals surface area (Å²) in [6.45, 7) is 4.29. The van der Waals surface area contributed by atoms with E-state index in [4.69, 9.17) is 4.74 Å². The number of hydrogen-bond acceptors (Lipinski definition) is 3. The second-order valence-corrected chi connectivity index (χ2v) is 4.07. The maximum absolute atomic E-state index is 11.9. The third-order valence-corrected chi connectivity index (χ3v) is 2.71. The number of amides is 1. The first kappa shape index (κ1) is 13.7. The van der Waals surface area contributed by atoms with Crippen molar-refractivity contribution in [2.75, 3.05) is 20.3 Å². The number of rotatable bonds is 5. The van der Waals surface area contributed by atoms with Crippen LogP contribution in [0.25, 0.3) is 0 Å². The molecule has 0 aromatic heterocycles. The average Bonchev–Trinajstić information content (AvgIpc) is 2.30. The lowest BCUT2D eigenvalue weighted by atomic mass is 10.0. The molecule has 0 aliphatic carbocycles. The van der Waals surface area contributed by atoms with E-state index in [1.54, 1.807) is 6.07 Å². The number of carbonyl (C=O) groups is 1. The smallest absolute Gasteiger partial charge is 0.251 e. The summed E-state index contributed by atoms with van der Waals surface area (Å²) >= 11 is 0. The van der Waals surface area contributed by atoms with Crippen LogP contribution < -0.4 is 5.32 Å². The van der Waals surface area contributed by atoms with Gasteiger partial charge in [-0.2, -0.15) is 0 Å². The van der Waals surface area contributed by atoms with Gasteiger partial charge in [-0.1, -0.05) is 12.1 Å². The molecule has 1 amide bonds. The highest BCUT2D eigenvalue weighted by Crippen LogP contribution is 2.12. The standard InChI is InChI=1S/C13H19NO3/c1-9-5-4-6-12(10(9)2)13(16)14-7-11(15)8-17-3/h4-6,11,15H,7-8H2,1-3H3,(H,14,16). The molecule has 17 heavy (non-hydrogen) atoms. The van der Waals surface area contributed by atoms with Gasteiger partial charge < -0.3 is 15.2 Å². The zero-order valence-electron chi connectivity index (χ0n) is 10.5. The van der Waals surface area contributed by atoms with Crippen molar-refractivity contribution < 1.29 is 14.6 Å². The molecule has 2 N–H and O–H groups in total. The highest BCUT2D eigenvalue weighted by atomic mass is 16.5. The van der Waals surface area contributed by atoms with Crippen LogP contribution in [-0.2, 0) is 4.74 Å². The Morgan fingerprint density at radius 1 is 1.47 bits per heavy atom. The normalized spacial score (nSPS) is 12.2. The van der Waals surface area contributed by atoms with E-state index in [2.05, 4.69) is 5.32 Å². The minimum atomic E-state index is -0.672. The van der Waals surface area contributed by atoms with Gasteiger partial charge in [0.2, 0.25) is 0 Å². The van der Waals surface area contributed by atoms with Gasteiger partial charge >= 0.3 is 0 Å². The van der Waals surface area contributed by atoms with E-state index in [9.17, 15) is 9.90 Å². The van der Waals surface area contributed by atoms with Gasteiger partial charge in [-0.25, -0.2) is 0 Å². The van der Waals surface area contributed by atoms with Gasteiger partial charge in [-0.15, -0.1) is 0 Å². The number of benzene rings is 1. The number of hydrogen-bond donors (Lipinski definition) is 2.